The Bertz CT molecular complexity index is 1160. The molecule has 0 aliphatic carbocycles. The minimum Gasteiger partial charge on any atom is -0.398 e. The van der Waals surface area contributed by atoms with E-state index in [1.54, 1.807) is 19.3 Å². The monoisotopic (exact) mass is 461 g/mol. The minimum absolute atomic E-state index is 0.0676. The molecule has 0 bridgehead atoms. The average molecular weight is 462 g/mol. The number of nitrogens with one attached hydrogen (secondary N) is 2. The second-order valence-electron chi connectivity index (χ2n) is 8.71. The number of aliphatic hydroxyl groups is 1. The molecule has 0 radical (unpaired) electrons. The highest BCUT2D eigenvalue weighted by atomic mass is 16.3. The number of benzene rings is 1. The van der Waals surface area contributed by atoms with Crippen molar-refractivity contribution in [2.75, 3.05) is 17.2 Å². The SMILES string of the molecule is C=C/C=C\C=C(/N)c1ccc(CNc2nc(NCC(C)C(C)O)nc3c2ncn3C(C)C)cc1. The molecule has 0 saturated carbocycles. The Morgan fingerprint density at radius 2 is 1.85 bits per heavy atom. The fourth-order valence-electron chi connectivity index (χ4n) is 3.25. The van der Waals surface area contributed by atoms with E-state index in [1.807, 2.05) is 54.0 Å². The van der Waals surface area contributed by atoms with Crippen molar-refractivity contribution in [1.29, 1.82) is 0 Å². The van der Waals surface area contributed by atoms with E-state index in [-0.39, 0.29) is 12.0 Å². The Hall–Kier alpha value is -3.65. The first-order valence-corrected chi connectivity index (χ1v) is 11.5. The number of aromatic nitrogens is 4. The van der Waals surface area contributed by atoms with Gasteiger partial charge in [-0.3, -0.25) is 0 Å². The van der Waals surface area contributed by atoms with Gasteiger partial charge in [-0.2, -0.15) is 9.97 Å². The lowest BCUT2D eigenvalue weighted by atomic mass is 10.1. The van der Waals surface area contributed by atoms with Crippen molar-refractivity contribution in [3.8, 4) is 0 Å². The normalized spacial score (nSPS) is 14.0. The molecule has 0 spiro atoms. The van der Waals surface area contributed by atoms with E-state index in [0.717, 1.165) is 22.3 Å². The van der Waals surface area contributed by atoms with Gasteiger partial charge in [0.2, 0.25) is 5.95 Å². The Morgan fingerprint density at radius 1 is 1.12 bits per heavy atom. The van der Waals surface area contributed by atoms with Crippen LogP contribution < -0.4 is 16.4 Å². The van der Waals surface area contributed by atoms with Gasteiger partial charge in [0.25, 0.3) is 0 Å². The van der Waals surface area contributed by atoms with Crippen LogP contribution in [0.2, 0.25) is 0 Å². The molecule has 8 heteroatoms. The van der Waals surface area contributed by atoms with E-state index in [0.29, 0.717) is 30.6 Å². The fraction of sp³-hybridized carbons (Fsp3) is 0.346. The molecule has 1 aromatic carbocycles. The summed E-state index contributed by atoms with van der Waals surface area (Å²) in [6.45, 7) is 12.7. The third kappa shape index (κ3) is 6.23. The topological polar surface area (TPSA) is 114 Å². The number of allylic oxidation sites excluding steroid dienone is 4. The zero-order valence-corrected chi connectivity index (χ0v) is 20.4. The summed E-state index contributed by atoms with van der Waals surface area (Å²) < 4.78 is 2.02. The first-order valence-electron chi connectivity index (χ1n) is 11.5. The van der Waals surface area contributed by atoms with Crippen LogP contribution >= 0.6 is 0 Å². The molecule has 5 N–H and O–H groups in total. The lowest BCUT2D eigenvalue weighted by molar-refractivity contribution is 0.141. The highest BCUT2D eigenvalue weighted by Crippen LogP contribution is 2.24. The van der Waals surface area contributed by atoms with Crippen LogP contribution in [0.5, 0.6) is 0 Å². The van der Waals surface area contributed by atoms with Crippen LogP contribution in [0.1, 0.15) is 44.9 Å². The zero-order chi connectivity index (χ0) is 24.7. The maximum atomic E-state index is 9.80. The molecule has 0 fully saturated rings. The molecule has 0 amide bonds. The van der Waals surface area contributed by atoms with Crippen LogP contribution in [0.4, 0.5) is 11.8 Å². The Labute approximate surface area is 201 Å². The summed E-state index contributed by atoms with van der Waals surface area (Å²) in [7, 11) is 0. The van der Waals surface area contributed by atoms with Crippen molar-refractivity contribution in [1.82, 2.24) is 19.5 Å². The molecule has 3 rings (SSSR count). The predicted octanol–water partition coefficient (Wildman–Crippen LogP) is 4.49. The van der Waals surface area contributed by atoms with Gasteiger partial charge in [-0.15, -0.1) is 0 Å². The van der Waals surface area contributed by atoms with Crippen LogP contribution in [-0.2, 0) is 6.54 Å². The van der Waals surface area contributed by atoms with Crippen LogP contribution in [-0.4, -0.2) is 37.3 Å². The van der Waals surface area contributed by atoms with Crippen molar-refractivity contribution >= 4 is 28.6 Å². The lowest BCUT2D eigenvalue weighted by Crippen LogP contribution is -2.23. The van der Waals surface area contributed by atoms with Gasteiger partial charge in [-0.05, 0) is 43.9 Å². The highest BCUT2D eigenvalue weighted by Gasteiger charge is 2.16. The van der Waals surface area contributed by atoms with Crippen molar-refractivity contribution in [2.45, 2.75) is 46.4 Å². The van der Waals surface area contributed by atoms with E-state index in [9.17, 15) is 5.11 Å². The maximum absolute atomic E-state index is 9.80. The summed E-state index contributed by atoms with van der Waals surface area (Å²) in [5.41, 5.74) is 10.4. The molecule has 0 saturated heterocycles. The van der Waals surface area contributed by atoms with E-state index in [2.05, 4.69) is 46.0 Å². The maximum Gasteiger partial charge on any atom is 0.226 e. The van der Waals surface area contributed by atoms with Gasteiger partial charge in [-0.25, -0.2) is 4.98 Å². The number of aliphatic hydroxyl groups excluding tert-OH is 1. The summed E-state index contributed by atoms with van der Waals surface area (Å²) in [4.78, 5) is 13.9. The van der Waals surface area contributed by atoms with E-state index >= 15 is 0 Å². The number of nitrogens with two attached hydrogens (primary N) is 1. The Morgan fingerprint density at radius 3 is 2.50 bits per heavy atom. The van der Waals surface area contributed by atoms with Crippen molar-refractivity contribution in [3.63, 3.8) is 0 Å². The zero-order valence-electron chi connectivity index (χ0n) is 20.4. The molecule has 2 unspecified atom stereocenters. The van der Waals surface area contributed by atoms with Crippen molar-refractivity contribution in [3.05, 3.63) is 72.6 Å². The number of hydrogen-bond donors (Lipinski definition) is 4. The molecular formula is C26H35N7O. The summed E-state index contributed by atoms with van der Waals surface area (Å²) in [5.74, 6) is 1.23. The number of anilines is 2. The molecule has 34 heavy (non-hydrogen) atoms. The predicted molar refractivity (Wildman–Crippen MR) is 140 cm³/mol. The van der Waals surface area contributed by atoms with Crippen LogP contribution in [0.15, 0.2) is 61.5 Å². The van der Waals surface area contributed by atoms with Gasteiger partial charge < -0.3 is 26.0 Å². The van der Waals surface area contributed by atoms with Gasteiger partial charge in [0.15, 0.2) is 17.0 Å². The molecule has 3 aromatic rings. The molecule has 0 aliphatic rings. The van der Waals surface area contributed by atoms with Crippen LogP contribution in [0.3, 0.4) is 0 Å². The van der Waals surface area contributed by atoms with Gasteiger partial charge in [0.05, 0.1) is 12.4 Å². The molecule has 2 atom stereocenters. The van der Waals surface area contributed by atoms with E-state index in [1.165, 1.54) is 0 Å². The van der Waals surface area contributed by atoms with E-state index in [4.69, 9.17) is 5.73 Å². The number of fused-ring (bicyclic) bond motifs is 1. The fourth-order valence-corrected chi connectivity index (χ4v) is 3.25. The van der Waals surface area contributed by atoms with Crippen LogP contribution in [0, 0.1) is 5.92 Å². The third-order valence-electron chi connectivity index (χ3n) is 5.65. The van der Waals surface area contributed by atoms with Crippen molar-refractivity contribution in [2.24, 2.45) is 11.7 Å². The smallest absolute Gasteiger partial charge is 0.226 e. The molecular weight excluding hydrogens is 426 g/mol. The standard InChI is InChI=1S/C26H35N7O/c1-6-7-8-9-22(27)21-12-10-20(11-13-21)15-28-24-23-25(33(16-30-23)17(2)3)32-26(31-24)29-14-18(4)19(5)34/h6-13,16-19,34H,1,14-15,27H2,2-5H3,(H2,28,29,31,32)/b8-7-,22-9-. The van der Waals surface area contributed by atoms with Gasteiger partial charge >= 0.3 is 0 Å². The molecule has 2 heterocycles. The Kier molecular flexibility index (Phi) is 8.43. The summed E-state index contributed by atoms with van der Waals surface area (Å²) in [6.07, 6.45) is 8.64. The second-order valence-corrected chi connectivity index (χ2v) is 8.71. The average Bonchev–Trinajstić information content (AvgIpc) is 3.25. The third-order valence-corrected chi connectivity index (χ3v) is 5.65. The molecule has 0 aliphatic heterocycles. The lowest BCUT2D eigenvalue weighted by Gasteiger charge is -2.16. The summed E-state index contributed by atoms with van der Waals surface area (Å²) in [6, 6.07) is 8.28. The van der Waals surface area contributed by atoms with Crippen LogP contribution in [0.25, 0.3) is 16.9 Å². The number of rotatable bonds is 11. The molecule has 2 aromatic heterocycles. The Balaban J connectivity index is 1.81. The minimum atomic E-state index is -0.417. The van der Waals surface area contributed by atoms with Gasteiger partial charge in [-0.1, -0.05) is 56.0 Å². The highest BCUT2D eigenvalue weighted by molar-refractivity contribution is 5.84. The van der Waals surface area contributed by atoms with Crippen molar-refractivity contribution < 1.29 is 5.11 Å². The number of hydrogen-bond acceptors (Lipinski definition) is 7. The largest absolute Gasteiger partial charge is 0.398 e. The second kappa shape index (κ2) is 11.5. The molecule has 8 nitrogen and oxygen atoms in total. The molecule has 180 valence electrons. The summed E-state index contributed by atoms with van der Waals surface area (Å²) in [5, 5.41) is 16.5. The van der Waals surface area contributed by atoms with Gasteiger partial charge in [0, 0.05) is 24.8 Å². The van der Waals surface area contributed by atoms with E-state index < -0.39 is 6.10 Å². The number of imidazole rings is 1. The van der Waals surface area contributed by atoms with Gasteiger partial charge in [0.1, 0.15) is 0 Å². The number of nitrogens with zero attached hydrogens (tertiary/aromatic N) is 4. The summed E-state index contributed by atoms with van der Waals surface area (Å²) >= 11 is 0. The first-order chi connectivity index (χ1) is 16.3. The first kappa shape index (κ1) is 25.0. The quantitative estimate of drug-likeness (QED) is 0.311.